The standard InChI is InChI=1S/C84H75N6.Ir/c1-55-19-10-13-28-73(55)76-52-85-82(88(76)79-58(4)22-16-23-59(79)5)70-43-37-64(38-44-70)31-34-67-49-68(35-32-65-39-45-71(46-40-65)83-86-53-77(74-29-14-11-20-56(74)2)89(83)80-60(6)24-17-25-61(80)7)51-69(50-67)36-33-66-41-47-72(48-42-66)84-87-54-78(75-30-15-12-21-57(75)3)90(84)81-62(8)26-18-27-63(81)9;/h10-30,37-43,45,47,49-54H,31-36H2,1-9H3;/q-3;+3. The van der Waals surface area contributed by atoms with Crippen molar-refractivity contribution >= 4 is 0 Å². The van der Waals surface area contributed by atoms with Crippen molar-refractivity contribution in [3.63, 3.8) is 0 Å². The van der Waals surface area contributed by atoms with Crippen LogP contribution >= 0.6 is 0 Å². The van der Waals surface area contributed by atoms with Crippen molar-refractivity contribution in [1.29, 1.82) is 0 Å². The zero-order valence-electron chi connectivity index (χ0n) is 53.5. The molecule has 450 valence electrons. The molecule has 7 heteroatoms. The summed E-state index contributed by atoms with van der Waals surface area (Å²) in [5.41, 5.74) is 31.8. The van der Waals surface area contributed by atoms with Crippen molar-refractivity contribution in [3.8, 4) is 85.0 Å². The maximum Gasteiger partial charge on any atom is 3.00 e. The molecule has 0 spiro atoms. The van der Waals surface area contributed by atoms with Crippen molar-refractivity contribution in [2.75, 3.05) is 0 Å². The zero-order valence-corrected chi connectivity index (χ0v) is 55.9. The summed E-state index contributed by atoms with van der Waals surface area (Å²) in [5, 5.41) is 0. The summed E-state index contributed by atoms with van der Waals surface area (Å²) in [6.45, 7) is 19.6. The van der Waals surface area contributed by atoms with Crippen LogP contribution in [0, 0.1) is 80.5 Å². The predicted molar refractivity (Wildman–Crippen MR) is 371 cm³/mol. The van der Waals surface area contributed by atoms with Crippen LogP contribution in [0.3, 0.4) is 0 Å². The van der Waals surface area contributed by atoms with Gasteiger partial charge in [-0.25, -0.2) is 0 Å². The van der Waals surface area contributed by atoms with Crippen LogP contribution in [0.25, 0.3) is 85.0 Å². The van der Waals surface area contributed by atoms with Crippen molar-refractivity contribution in [2.45, 2.75) is 101 Å². The van der Waals surface area contributed by atoms with Crippen LogP contribution in [-0.2, 0) is 58.6 Å². The van der Waals surface area contributed by atoms with Gasteiger partial charge in [-0.05, 0) is 148 Å². The van der Waals surface area contributed by atoms with E-state index in [-0.39, 0.29) is 20.1 Å². The molecular weight excluding hydrogens is 1290 g/mol. The van der Waals surface area contributed by atoms with Crippen LogP contribution < -0.4 is 0 Å². The number of para-hydroxylation sites is 3. The Morgan fingerprint density at radius 2 is 0.516 bits per heavy atom. The third-order valence-electron chi connectivity index (χ3n) is 18.1. The monoisotopic (exact) mass is 1360 g/mol. The summed E-state index contributed by atoms with van der Waals surface area (Å²) >= 11 is 0. The van der Waals surface area contributed by atoms with Gasteiger partial charge in [-0.3, -0.25) is 15.0 Å². The molecule has 13 rings (SSSR count). The number of aromatic nitrogens is 6. The molecule has 10 aromatic carbocycles. The molecule has 6 nitrogen and oxygen atoms in total. The molecule has 91 heavy (non-hydrogen) atoms. The van der Waals surface area contributed by atoms with Gasteiger partial charge < -0.3 is 13.7 Å². The van der Waals surface area contributed by atoms with Crippen molar-refractivity contribution < 1.29 is 20.1 Å². The van der Waals surface area contributed by atoms with Gasteiger partial charge in [0.15, 0.2) is 0 Å². The smallest absolute Gasteiger partial charge is 0.333 e. The second-order valence-corrected chi connectivity index (χ2v) is 24.6. The Kier molecular flexibility index (Phi) is 18.2. The molecule has 13 aromatic rings. The fraction of sp³-hybridized carbons (Fsp3) is 0.179. The third kappa shape index (κ3) is 12.7. The summed E-state index contributed by atoms with van der Waals surface area (Å²) in [5.74, 6) is 2.67. The van der Waals surface area contributed by atoms with Crippen LogP contribution in [0.15, 0.2) is 219 Å². The van der Waals surface area contributed by atoms with Gasteiger partial charge in [0, 0.05) is 52.3 Å². The average Bonchev–Trinajstić information content (AvgIpc) is 1.71. The number of rotatable bonds is 18. The molecule has 3 aromatic heterocycles. The first kappa shape index (κ1) is 61.7. The molecule has 0 saturated carbocycles. The van der Waals surface area contributed by atoms with E-state index in [9.17, 15) is 0 Å². The van der Waals surface area contributed by atoms with Crippen molar-refractivity contribution in [1.82, 2.24) is 28.7 Å². The molecule has 0 amide bonds. The van der Waals surface area contributed by atoms with Crippen LogP contribution in [0.4, 0.5) is 0 Å². The zero-order chi connectivity index (χ0) is 62.0. The minimum absolute atomic E-state index is 0. The van der Waals surface area contributed by atoms with Gasteiger partial charge >= 0.3 is 20.1 Å². The molecule has 0 N–H and O–H groups in total. The molecule has 0 unspecified atom stereocenters. The Bertz CT molecular complexity index is 4200. The molecule has 0 aliphatic rings. The molecule has 0 fully saturated rings. The van der Waals surface area contributed by atoms with Gasteiger partial charge in [-0.1, -0.05) is 165 Å². The predicted octanol–water partition coefficient (Wildman–Crippen LogP) is 19.8. The number of hydrogen-bond donors (Lipinski definition) is 0. The molecule has 0 bridgehead atoms. The van der Waals surface area contributed by atoms with E-state index in [4.69, 9.17) is 15.0 Å². The van der Waals surface area contributed by atoms with E-state index in [1.54, 1.807) is 0 Å². The van der Waals surface area contributed by atoms with Crippen LogP contribution in [0.5, 0.6) is 0 Å². The van der Waals surface area contributed by atoms with E-state index in [1.165, 1.54) is 100 Å². The quantitative estimate of drug-likeness (QED) is 0.0805. The van der Waals surface area contributed by atoms with Gasteiger partial charge in [0.1, 0.15) is 0 Å². The first-order valence-corrected chi connectivity index (χ1v) is 31.6. The van der Waals surface area contributed by atoms with Gasteiger partial charge in [0.2, 0.25) is 0 Å². The topological polar surface area (TPSA) is 53.5 Å². The van der Waals surface area contributed by atoms with Gasteiger partial charge in [0.25, 0.3) is 0 Å². The molecule has 3 heterocycles. The van der Waals surface area contributed by atoms with Crippen LogP contribution in [0.1, 0.15) is 83.5 Å². The summed E-state index contributed by atoms with van der Waals surface area (Å²) in [6, 6.07) is 83.6. The SMILES string of the molecule is Cc1ccccc1-c1cnc(-c2[c-]cc(CCc3cc(CCc4c[c-]c(-c5ncc(-c6ccccc6C)n5-c5c(C)cccc5C)cc4)cc(CCc4c[c-]c(-c5ncc(-c6ccccc6C)n5-c5c(C)cccc5C)cc4)c3)cc2)n1-c1c(C)cccc1C.[Ir+3]. The van der Waals surface area contributed by atoms with Gasteiger partial charge in [-0.2, -0.15) is 0 Å². The minimum atomic E-state index is 0. The second-order valence-electron chi connectivity index (χ2n) is 24.6. The fourth-order valence-electron chi connectivity index (χ4n) is 13.3. The molecule has 0 radical (unpaired) electrons. The minimum Gasteiger partial charge on any atom is -0.333 e. The van der Waals surface area contributed by atoms with Gasteiger partial charge in [-0.15, -0.1) is 106 Å². The maximum absolute atomic E-state index is 5.11. The molecule has 0 aliphatic heterocycles. The first-order valence-electron chi connectivity index (χ1n) is 31.6. The van der Waals surface area contributed by atoms with E-state index >= 15 is 0 Å². The average molecular weight is 1360 g/mol. The summed E-state index contributed by atoms with van der Waals surface area (Å²) in [4.78, 5) is 15.3. The Morgan fingerprint density at radius 1 is 0.275 bits per heavy atom. The normalized spacial score (nSPS) is 11.3. The van der Waals surface area contributed by atoms with Crippen LogP contribution in [0.2, 0.25) is 0 Å². The van der Waals surface area contributed by atoms with Crippen molar-refractivity contribution in [2.24, 2.45) is 0 Å². The third-order valence-corrected chi connectivity index (χ3v) is 18.1. The van der Waals surface area contributed by atoms with E-state index in [0.717, 1.165) is 107 Å². The maximum atomic E-state index is 5.11. The van der Waals surface area contributed by atoms with E-state index in [1.807, 2.05) is 18.6 Å². The van der Waals surface area contributed by atoms with E-state index in [2.05, 4.69) is 294 Å². The molecular formula is C84H75IrN6. The van der Waals surface area contributed by atoms with Crippen LogP contribution in [-0.4, -0.2) is 28.7 Å². The van der Waals surface area contributed by atoms with Gasteiger partial charge in [0.05, 0.1) is 34.6 Å². The number of benzene rings is 10. The fourth-order valence-corrected chi connectivity index (χ4v) is 13.3. The van der Waals surface area contributed by atoms with Crippen molar-refractivity contribution in [3.05, 3.63) is 320 Å². The first-order chi connectivity index (χ1) is 43.8. The number of nitrogens with zero attached hydrogens (tertiary/aromatic N) is 6. The Labute approximate surface area is 551 Å². The Morgan fingerprint density at radius 3 is 0.758 bits per heavy atom. The molecule has 0 atom stereocenters. The summed E-state index contributed by atoms with van der Waals surface area (Å²) < 4.78 is 7.00. The second kappa shape index (κ2) is 26.9. The summed E-state index contributed by atoms with van der Waals surface area (Å²) in [6.07, 6.45) is 11.4. The van der Waals surface area contributed by atoms with E-state index in [0.29, 0.717) is 0 Å². The Balaban J connectivity index is 0.00000800. The van der Waals surface area contributed by atoms with E-state index < -0.39 is 0 Å². The summed E-state index contributed by atoms with van der Waals surface area (Å²) in [7, 11) is 0. The largest absolute Gasteiger partial charge is 3.00 e. The number of aryl methyl sites for hydroxylation is 15. The number of hydrogen-bond acceptors (Lipinski definition) is 3. The number of imidazole rings is 3. The Hall–Kier alpha value is -9.52. The molecule has 0 saturated heterocycles. The molecule has 0 aliphatic carbocycles.